The lowest BCUT2D eigenvalue weighted by Gasteiger charge is -2.24. The fourth-order valence-corrected chi connectivity index (χ4v) is 2.13. The summed E-state index contributed by atoms with van der Waals surface area (Å²) in [4.78, 5) is 0. The Hall–Kier alpha value is -0.310. The monoisotopic (exact) mass is 214 g/mol. The summed E-state index contributed by atoms with van der Waals surface area (Å²) in [7, 11) is 0. The molecule has 0 radical (unpaired) electrons. The van der Waals surface area contributed by atoms with Crippen LogP contribution in [0, 0.1) is 5.92 Å². The maximum absolute atomic E-state index is 5.24. The molecule has 2 N–H and O–H groups in total. The van der Waals surface area contributed by atoms with Crippen LogP contribution in [0.25, 0.3) is 0 Å². The first-order valence-corrected chi connectivity index (χ1v) is 6.15. The molecule has 0 heterocycles. The molecule has 82 valence electrons. The predicted octanol–water partition coefficient (Wildman–Crippen LogP) is 2.44. The quantitative estimate of drug-likeness (QED) is 0.687. The van der Waals surface area contributed by atoms with Crippen molar-refractivity contribution in [1.82, 2.24) is 10.6 Å². The third-order valence-corrected chi connectivity index (χ3v) is 3.26. The van der Waals surface area contributed by atoms with E-state index in [-0.39, 0.29) is 0 Å². The van der Waals surface area contributed by atoms with E-state index in [4.69, 9.17) is 12.2 Å². The van der Waals surface area contributed by atoms with Gasteiger partial charge in [-0.1, -0.05) is 26.7 Å². The van der Waals surface area contributed by atoms with Crippen molar-refractivity contribution in [3.8, 4) is 0 Å². The molecule has 0 bridgehead atoms. The van der Waals surface area contributed by atoms with Gasteiger partial charge in [0.2, 0.25) is 0 Å². The summed E-state index contributed by atoms with van der Waals surface area (Å²) in [6, 6.07) is 1.15. The fourth-order valence-electron chi connectivity index (χ4n) is 1.78. The third kappa shape index (κ3) is 3.82. The largest absolute Gasteiger partial charge is 0.360 e. The molecule has 0 aromatic rings. The van der Waals surface area contributed by atoms with Gasteiger partial charge in [0.15, 0.2) is 5.11 Å². The summed E-state index contributed by atoms with van der Waals surface area (Å²) < 4.78 is 0. The Balaban J connectivity index is 2.22. The normalized spacial score (nSPS) is 18.0. The zero-order chi connectivity index (χ0) is 10.6. The second kappa shape index (κ2) is 5.54. The molecule has 14 heavy (non-hydrogen) atoms. The first kappa shape index (κ1) is 11.8. The average Bonchev–Trinajstić information content (AvgIpc) is 2.90. The van der Waals surface area contributed by atoms with E-state index in [1.807, 2.05) is 0 Å². The highest BCUT2D eigenvalue weighted by Gasteiger charge is 2.22. The van der Waals surface area contributed by atoms with E-state index in [2.05, 4.69) is 31.4 Å². The van der Waals surface area contributed by atoms with Crippen LogP contribution < -0.4 is 10.6 Å². The molecule has 1 unspecified atom stereocenters. The van der Waals surface area contributed by atoms with Crippen LogP contribution in [0.15, 0.2) is 0 Å². The summed E-state index contributed by atoms with van der Waals surface area (Å²) in [5.41, 5.74) is 0. The van der Waals surface area contributed by atoms with Gasteiger partial charge in [-0.2, -0.15) is 0 Å². The summed E-state index contributed by atoms with van der Waals surface area (Å²) >= 11 is 5.24. The molecule has 0 aromatic heterocycles. The third-order valence-electron chi connectivity index (χ3n) is 3.03. The van der Waals surface area contributed by atoms with Gasteiger partial charge in [-0.15, -0.1) is 0 Å². The van der Waals surface area contributed by atoms with E-state index < -0.39 is 0 Å². The van der Waals surface area contributed by atoms with Crippen molar-refractivity contribution >= 4 is 17.3 Å². The molecule has 1 aliphatic carbocycles. The minimum atomic E-state index is 0.490. The Morgan fingerprint density at radius 2 is 1.93 bits per heavy atom. The van der Waals surface area contributed by atoms with Crippen LogP contribution in [0.2, 0.25) is 0 Å². The first-order chi connectivity index (χ1) is 6.67. The van der Waals surface area contributed by atoms with Crippen LogP contribution in [0.4, 0.5) is 0 Å². The van der Waals surface area contributed by atoms with Crippen LogP contribution in [0.5, 0.6) is 0 Å². The highest BCUT2D eigenvalue weighted by Crippen LogP contribution is 2.18. The number of thiocarbonyl (C=S) groups is 1. The molecule has 0 saturated heterocycles. The van der Waals surface area contributed by atoms with Crippen LogP contribution in [-0.2, 0) is 0 Å². The molecule has 1 atom stereocenters. The van der Waals surface area contributed by atoms with E-state index in [0.717, 1.165) is 11.0 Å². The van der Waals surface area contributed by atoms with Gasteiger partial charge in [-0.25, -0.2) is 0 Å². The number of rotatable bonds is 5. The lowest BCUT2D eigenvalue weighted by molar-refractivity contribution is 0.390. The molecule has 1 fully saturated rings. The molecule has 0 spiro atoms. The van der Waals surface area contributed by atoms with Gasteiger partial charge >= 0.3 is 0 Å². The van der Waals surface area contributed by atoms with Crippen molar-refractivity contribution in [3.63, 3.8) is 0 Å². The molecule has 1 aliphatic rings. The maximum Gasteiger partial charge on any atom is 0.166 e. The van der Waals surface area contributed by atoms with Crippen LogP contribution >= 0.6 is 12.2 Å². The van der Waals surface area contributed by atoms with Gasteiger partial charge in [-0.05, 0) is 37.9 Å². The zero-order valence-electron chi connectivity index (χ0n) is 9.47. The standard InChI is InChI=1S/C11H22N2S/c1-4-9(5-2)8(3)12-11(14)13-10-6-7-10/h8-10H,4-7H2,1-3H3,(H2,12,13,14). The van der Waals surface area contributed by atoms with E-state index in [9.17, 15) is 0 Å². The Morgan fingerprint density at radius 3 is 2.36 bits per heavy atom. The van der Waals surface area contributed by atoms with Crippen LogP contribution in [-0.4, -0.2) is 17.2 Å². The van der Waals surface area contributed by atoms with Gasteiger partial charge in [-0.3, -0.25) is 0 Å². The van der Waals surface area contributed by atoms with E-state index >= 15 is 0 Å². The Kier molecular flexibility index (Phi) is 4.66. The molecular weight excluding hydrogens is 192 g/mol. The smallest absolute Gasteiger partial charge is 0.166 e. The van der Waals surface area contributed by atoms with Crippen molar-refractivity contribution < 1.29 is 0 Å². The number of hydrogen-bond donors (Lipinski definition) is 2. The zero-order valence-corrected chi connectivity index (χ0v) is 10.3. The van der Waals surface area contributed by atoms with Crippen molar-refractivity contribution in [1.29, 1.82) is 0 Å². The minimum absolute atomic E-state index is 0.490. The van der Waals surface area contributed by atoms with Gasteiger partial charge in [0.05, 0.1) is 0 Å². The maximum atomic E-state index is 5.24. The number of nitrogens with one attached hydrogen (secondary N) is 2. The van der Waals surface area contributed by atoms with Crippen LogP contribution in [0.1, 0.15) is 46.5 Å². The van der Waals surface area contributed by atoms with Crippen molar-refractivity contribution in [2.45, 2.75) is 58.5 Å². The summed E-state index contributed by atoms with van der Waals surface area (Å²) in [5, 5.41) is 7.52. The first-order valence-electron chi connectivity index (χ1n) is 5.74. The Labute approximate surface area is 92.8 Å². The lowest BCUT2D eigenvalue weighted by atomic mass is 9.96. The molecular formula is C11H22N2S. The van der Waals surface area contributed by atoms with Crippen molar-refractivity contribution in [3.05, 3.63) is 0 Å². The number of hydrogen-bond acceptors (Lipinski definition) is 1. The molecule has 0 aliphatic heterocycles. The van der Waals surface area contributed by atoms with Crippen molar-refractivity contribution in [2.24, 2.45) is 5.92 Å². The van der Waals surface area contributed by atoms with Crippen LogP contribution in [0.3, 0.4) is 0 Å². The Bertz CT molecular complexity index is 186. The summed E-state index contributed by atoms with van der Waals surface area (Å²) in [5.74, 6) is 0.731. The van der Waals surface area contributed by atoms with E-state index in [0.29, 0.717) is 12.1 Å². The summed E-state index contributed by atoms with van der Waals surface area (Å²) in [6.07, 6.45) is 5.00. The fraction of sp³-hybridized carbons (Fsp3) is 0.909. The Morgan fingerprint density at radius 1 is 1.36 bits per heavy atom. The summed E-state index contributed by atoms with van der Waals surface area (Å²) in [6.45, 7) is 6.70. The van der Waals surface area contributed by atoms with Crippen molar-refractivity contribution in [2.75, 3.05) is 0 Å². The molecule has 3 heteroatoms. The van der Waals surface area contributed by atoms with E-state index in [1.54, 1.807) is 0 Å². The molecule has 0 aromatic carbocycles. The van der Waals surface area contributed by atoms with Gasteiger partial charge < -0.3 is 10.6 Å². The molecule has 0 amide bonds. The lowest BCUT2D eigenvalue weighted by Crippen LogP contribution is -2.44. The topological polar surface area (TPSA) is 24.1 Å². The van der Waals surface area contributed by atoms with E-state index in [1.165, 1.54) is 25.7 Å². The minimum Gasteiger partial charge on any atom is -0.360 e. The van der Waals surface area contributed by atoms with Gasteiger partial charge in [0.1, 0.15) is 0 Å². The SMILES string of the molecule is CCC(CC)C(C)NC(=S)NC1CC1. The highest BCUT2D eigenvalue weighted by molar-refractivity contribution is 7.80. The van der Waals surface area contributed by atoms with Gasteiger partial charge in [0.25, 0.3) is 0 Å². The highest BCUT2D eigenvalue weighted by atomic mass is 32.1. The second-order valence-electron chi connectivity index (χ2n) is 4.26. The molecule has 1 rings (SSSR count). The van der Waals surface area contributed by atoms with Gasteiger partial charge in [0, 0.05) is 12.1 Å². The average molecular weight is 214 g/mol. The second-order valence-corrected chi connectivity index (χ2v) is 4.67. The molecule has 1 saturated carbocycles. The molecule has 2 nitrogen and oxygen atoms in total. The predicted molar refractivity (Wildman–Crippen MR) is 65.4 cm³/mol.